The number of hydrogen-bond donors (Lipinski definition) is 0. The van der Waals surface area contributed by atoms with Gasteiger partial charge in [0, 0.05) is 38.2 Å². The summed E-state index contributed by atoms with van der Waals surface area (Å²) in [5.74, 6) is -0.0987. The first-order valence-corrected chi connectivity index (χ1v) is 12.3. The molecule has 0 spiro atoms. The van der Waals surface area contributed by atoms with Crippen LogP contribution in [0.25, 0.3) is 59.8 Å². The predicted molar refractivity (Wildman–Crippen MR) is 146 cm³/mol. The molecule has 0 saturated heterocycles. The van der Waals surface area contributed by atoms with Gasteiger partial charge in [-0.1, -0.05) is 85.0 Å². The third-order valence-electron chi connectivity index (χ3n) is 8.38. The van der Waals surface area contributed by atoms with Gasteiger partial charge in [-0.25, -0.2) is 0 Å². The van der Waals surface area contributed by atoms with Crippen LogP contribution < -0.4 is 5.56 Å². The van der Waals surface area contributed by atoms with E-state index in [0.717, 1.165) is 59.9 Å². The molecule has 0 amide bonds. The highest BCUT2D eigenvalue weighted by Crippen LogP contribution is 2.46. The quantitative estimate of drug-likeness (QED) is 0.233. The Hall–Kier alpha value is -4.70. The first-order chi connectivity index (χ1) is 17.7. The molecule has 0 saturated carbocycles. The summed E-state index contributed by atoms with van der Waals surface area (Å²) >= 11 is 0. The molecule has 2 aliphatic rings. The highest BCUT2D eigenvalue weighted by molar-refractivity contribution is 6.30. The molecular weight excluding hydrogens is 444 g/mol. The SMILES string of the molecule is O=C1C2C=CC=CC2c2cccc3c4c(ccc5c6cccc7c8ccccc8c(=O)n(c76)c54)n1c23. The van der Waals surface area contributed by atoms with Crippen molar-refractivity contribution in [3.8, 4) is 0 Å². The molecule has 4 aromatic carbocycles. The second-order valence-corrected chi connectivity index (χ2v) is 9.98. The minimum atomic E-state index is -0.218. The van der Waals surface area contributed by atoms with E-state index in [9.17, 15) is 9.59 Å². The van der Waals surface area contributed by atoms with Crippen molar-refractivity contribution in [3.05, 3.63) is 113 Å². The van der Waals surface area contributed by atoms with E-state index in [1.54, 1.807) is 0 Å². The lowest BCUT2D eigenvalue weighted by Crippen LogP contribution is -2.30. The van der Waals surface area contributed by atoms with E-state index < -0.39 is 0 Å². The summed E-state index contributed by atoms with van der Waals surface area (Å²) in [6.45, 7) is 0. The fraction of sp³-hybridized carbons (Fsp3) is 0.0625. The van der Waals surface area contributed by atoms with Crippen LogP contribution in [-0.4, -0.2) is 14.9 Å². The molecule has 7 aromatic rings. The lowest BCUT2D eigenvalue weighted by Gasteiger charge is -2.29. The van der Waals surface area contributed by atoms with Gasteiger partial charge < -0.3 is 0 Å². The van der Waals surface area contributed by atoms with E-state index in [-0.39, 0.29) is 23.3 Å². The van der Waals surface area contributed by atoms with Crippen LogP contribution in [0.1, 0.15) is 16.3 Å². The Morgan fingerprint density at radius 1 is 0.556 bits per heavy atom. The molecule has 0 radical (unpaired) electrons. The number of benzene rings is 4. The first kappa shape index (κ1) is 18.6. The Kier molecular flexibility index (Phi) is 3.15. The van der Waals surface area contributed by atoms with Crippen LogP contribution in [0.5, 0.6) is 0 Å². The zero-order chi connectivity index (χ0) is 23.7. The molecule has 1 aliphatic carbocycles. The lowest BCUT2D eigenvalue weighted by molar-refractivity contribution is 0.0856. The summed E-state index contributed by atoms with van der Waals surface area (Å²) in [4.78, 5) is 27.9. The zero-order valence-electron chi connectivity index (χ0n) is 19.1. The van der Waals surface area contributed by atoms with Gasteiger partial charge in [-0.15, -0.1) is 0 Å². The summed E-state index contributed by atoms with van der Waals surface area (Å²) in [7, 11) is 0. The van der Waals surface area contributed by atoms with Crippen molar-refractivity contribution in [3.63, 3.8) is 0 Å². The smallest absolute Gasteiger partial charge is 0.263 e. The number of carbonyl (C=O) groups excluding carboxylic acids is 1. The monoisotopic (exact) mass is 462 g/mol. The van der Waals surface area contributed by atoms with E-state index in [0.29, 0.717) is 5.39 Å². The summed E-state index contributed by atoms with van der Waals surface area (Å²) in [5.41, 5.74) is 4.81. The van der Waals surface area contributed by atoms with Gasteiger partial charge in [0.2, 0.25) is 5.91 Å². The summed E-state index contributed by atoms with van der Waals surface area (Å²) < 4.78 is 3.80. The fourth-order valence-electron chi connectivity index (χ4n) is 6.96. The number of aromatic nitrogens is 2. The van der Waals surface area contributed by atoms with Gasteiger partial charge in [0.15, 0.2) is 0 Å². The molecule has 0 N–H and O–H groups in total. The summed E-state index contributed by atoms with van der Waals surface area (Å²) in [6.07, 6.45) is 8.15. The second-order valence-electron chi connectivity index (χ2n) is 9.98. The minimum Gasteiger partial charge on any atom is -0.279 e. The molecule has 36 heavy (non-hydrogen) atoms. The van der Waals surface area contributed by atoms with E-state index in [2.05, 4.69) is 54.6 Å². The molecule has 4 heteroatoms. The van der Waals surface area contributed by atoms with Crippen LogP contribution in [0.2, 0.25) is 0 Å². The first-order valence-electron chi connectivity index (χ1n) is 12.3. The lowest BCUT2D eigenvalue weighted by atomic mass is 9.79. The summed E-state index contributed by atoms with van der Waals surface area (Å²) in [5, 5.41) is 6.84. The van der Waals surface area contributed by atoms with Crippen LogP contribution >= 0.6 is 0 Å². The Morgan fingerprint density at radius 2 is 1.22 bits per heavy atom. The largest absolute Gasteiger partial charge is 0.279 e. The third kappa shape index (κ3) is 1.93. The number of carbonyl (C=O) groups is 1. The van der Waals surface area contributed by atoms with Crippen molar-refractivity contribution in [2.45, 2.75) is 5.92 Å². The second kappa shape index (κ2) is 6.10. The van der Waals surface area contributed by atoms with Gasteiger partial charge in [-0.2, -0.15) is 0 Å². The highest BCUT2D eigenvalue weighted by Gasteiger charge is 2.37. The topological polar surface area (TPSA) is 43.5 Å². The number of rotatable bonds is 0. The van der Waals surface area contributed by atoms with Crippen LogP contribution in [0, 0.1) is 5.92 Å². The molecule has 4 heterocycles. The van der Waals surface area contributed by atoms with Crippen molar-refractivity contribution < 1.29 is 4.79 Å². The predicted octanol–water partition coefficient (Wildman–Crippen LogP) is 6.78. The molecule has 9 rings (SSSR count). The Bertz CT molecular complexity index is 2260. The van der Waals surface area contributed by atoms with Crippen LogP contribution in [0.15, 0.2) is 102 Å². The molecule has 2 unspecified atom stereocenters. The Morgan fingerprint density at radius 3 is 2.08 bits per heavy atom. The van der Waals surface area contributed by atoms with E-state index in [4.69, 9.17) is 0 Å². The van der Waals surface area contributed by atoms with Crippen LogP contribution in [-0.2, 0) is 0 Å². The van der Waals surface area contributed by atoms with E-state index >= 15 is 0 Å². The van der Waals surface area contributed by atoms with Gasteiger partial charge in [-0.05, 0) is 23.1 Å². The van der Waals surface area contributed by atoms with Gasteiger partial charge >= 0.3 is 0 Å². The zero-order valence-corrected chi connectivity index (χ0v) is 19.1. The third-order valence-corrected chi connectivity index (χ3v) is 8.38. The van der Waals surface area contributed by atoms with Crippen molar-refractivity contribution in [1.82, 2.24) is 8.97 Å². The number of pyridine rings is 1. The molecule has 0 bridgehead atoms. The van der Waals surface area contributed by atoms with Gasteiger partial charge in [-0.3, -0.25) is 18.6 Å². The maximum Gasteiger partial charge on any atom is 0.263 e. The molecule has 4 nitrogen and oxygen atoms in total. The minimum absolute atomic E-state index is 0.0189. The standard InChI is InChI=1S/C32H18N2O2/c35-31-23-9-3-1-8-18(23)20-12-6-14-25-27-26(33(31)29(20)25)16-15-22-21-13-5-11-19-17-7-2-4-10-24(17)32(36)34(28(19)21)30(22)27/h1-16,18,23H. The van der Waals surface area contributed by atoms with Crippen molar-refractivity contribution >= 4 is 65.7 Å². The van der Waals surface area contributed by atoms with Crippen LogP contribution in [0.3, 0.4) is 0 Å². The number of para-hydroxylation sites is 2. The molecule has 2 atom stereocenters. The highest BCUT2D eigenvalue weighted by atomic mass is 16.2. The van der Waals surface area contributed by atoms with Crippen molar-refractivity contribution in [2.75, 3.05) is 0 Å². The maximum absolute atomic E-state index is 14.0. The molecule has 0 fully saturated rings. The average Bonchev–Trinajstić information content (AvgIpc) is 3.45. The molecule has 168 valence electrons. The van der Waals surface area contributed by atoms with Gasteiger partial charge in [0.05, 0.1) is 28.0 Å². The molecule has 3 aromatic heterocycles. The number of fused-ring (bicyclic) bond motifs is 11. The Balaban J connectivity index is 1.61. The van der Waals surface area contributed by atoms with E-state index in [1.807, 2.05) is 51.5 Å². The van der Waals surface area contributed by atoms with Gasteiger partial charge in [0.1, 0.15) is 0 Å². The fourth-order valence-corrected chi connectivity index (χ4v) is 6.96. The number of nitrogens with zero attached hydrogens (tertiary/aromatic N) is 2. The van der Waals surface area contributed by atoms with Gasteiger partial charge in [0.25, 0.3) is 5.56 Å². The Labute approximate surface area is 204 Å². The normalized spacial score (nSPS) is 19.1. The van der Waals surface area contributed by atoms with Crippen molar-refractivity contribution in [1.29, 1.82) is 0 Å². The van der Waals surface area contributed by atoms with E-state index in [1.165, 1.54) is 0 Å². The summed E-state index contributed by atoms with van der Waals surface area (Å²) in [6, 6.07) is 24.6. The number of allylic oxidation sites excluding steroid dienone is 4. The van der Waals surface area contributed by atoms with Crippen molar-refractivity contribution in [2.24, 2.45) is 5.92 Å². The van der Waals surface area contributed by atoms with Crippen LogP contribution in [0.4, 0.5) is 0 Å². The number of hydrogen-bond acceptors (Lipinski definition) is 2. The molecule has 1 aliphatic heterocycles. The average molecular weight is 463 g/mol. The molecular formula is C32H18N2O2. The maximum atomic E-state index is 14.0.